The Balaban J connectivity index is 1.27. The summed E-state index contributed by atoms with van der Waals surface area (Å²) in [7, 11) is 3.13. The van der Waals surface area contributed by atoms with E-state index in [0.717, 1.165) is 22.9 Å². The van der Waals surface area contributed by atoms with Crippen LogP contribution >= 0.6 is 0 Å². The van der Waals surface area contributed by atoms with Crippen LogP contribution in [0.1, 0.15) is 40.0 Å². The summed E-state index contributed by atoms with van der Waals surface area (Å²) in [6.45, 7) is 1.18. The first-order chi connectivity index (χ1) is 15.7. The van der Waals surface area contributed by atoms with Gasteiger partial charge < -0.3 is 23.8 Å². The minimum Gasteiger partial charge on any atom is -0.493 e. The molecule has 1 N–H and O–H groups in total. The highest BCUT2D eigenvalue weighted by molar-refractivity contribution is 5.95. The third kappa shape index (κ3) is 3.68. The van der Waals surface area contributed by atoms with E-state index in [1.807, 2.05) is 29.3 Å². The minimum atomic E-state index is -0.0491. The van der Waals surface area contributed by atoms with Crippen molar-refractivity contribution in [2.75, 3.05) is 27.3 Å². The summed E-state index contributed by atoms with van der Waals surface area (Å²) in [5.41, 5.74) is 2.77. The van der Waals surface area contributed by atoms with Crippen LogP contribution in [0.3, 0.4) is 0 Å². The Hall–Kier alpha value is -3.81. The summed E-state index contributed by atoms with van der Waals surface area (Å²) >= 11 is 0. The van der Waals surface area contributed by atoms with Crippen LogP contribution in [0.25, 0.3) is 10.9 Å². The number of benzene rings is 2. The molecule has 8 heteroatoms. The molecule has 0 saturated carbocycles. The smallest absolute Gasteiger partial charge is 0.254 e. The van der Waals surface area contributed by atoms with E-state index < -0.39 is 0 Å². The van der Waals surface area contributed by atoms with Gasteiger partial charge in [-0.1, -0.05) is 18.2 Å². The molecule has 1 fully saturated rings. The van der Waals surface area contributed by atoms with E-state index in [0.29, 0.717) is 48.4 Å². The van der Waals surface area contributed by atoms with Crippen molar-refractivity contribution in [3.8, 4) is 11.5 Å². The van der Waals surface area contributed by atoms with Crippen LogP contribution < -0.4 is 9.47 Å². The number of para-hydroxylation sites is 1. The van der Waals surface area contributed by atoms with Gasteiger partial charge in [-0.05, 0) is 36.2 Å². The fourth-order valence-corrected chi connectivity index (χ4v) is 4.24. The van der Waals surface area contributed by atoms with E-state index in [9.17, 15) is 4.79 Å². The number of nitrogens with one attached hydrogen (secondary N) is 1. The molecule has 0 aliphatic carbocycles. The van der Waals surface area contributed by atoms with Gasteiger partial charge >= 0.3 is 0 Å². The van der Waals surface area contributed by atoms with Crippen molar-refractivity contribution < 1.29 is 18.7 Å². The zero-order valence-electron chi connectivity index (χ0n) is 18.0. The number of likely N-dealkylation sites (tertiary alicyclic amines) is 1. The highest BCUT2D eigenvalue weighted by atomic mass is 16.5. The van der Waals surface area contributed by atoms with E-state index in [-0.39, 0.29) is 11.8 Å². The largest absolute Gasteiger partial charge is 0.493 e. The third-order valence-electron chi connectivity index (χ3n) is 5.95. The van der Waals surface area contributed by atoms with Gasteiger partial charge in [-0.2, -0.15) is 0 Å². The molecule has 5 rings (SSSR count). The Bertz CT molecular complexity index is 1260. The number of H-pyrrole nitrogens is 1. The van der Waals surface area contributed by atoms with Crippen molar-refractivity contribution in [1.29, 1.82) is 0 Å². The van der Waals surface area contributed by atoms with Crippen LogP contribution in [0.2, 0.25) is 0 Å². The van der Waals surface area contributed by atoms with Gasteiger partial charge in [0.05, 0.1) is 26.6 Å². The van der Waals surface area contributed by atoms with Gasteiger partial charge in [-0.15, -0.1) is 10.2 Å². The number of nitrogens with zero attached hydrogens (tertiary/aromatic N) is 3. The Morgan fingerprint density at radius 3 is 2.84 bits per heavy atom. The molecule has 164 valence electrons. The highest BCUT2D eigenvalue weighted by Crippen LogP contribution is 2.31. The number of amides is 1. The molecule has 1 amide bonds. The minimum absolute atomic E-state index is 0.0308. The molecule has 0 unspecified atom stereocenters. The number of aromatic amines is 1. The number of rotatable bonds is 6. The Morgan fingerprint density at radius 1 is 1.16 bits per heavy atom. The maximum Gasteiger partial charge on any atom is 0.254 e. The van der Waals surface area contributed by atoms with Crippen LogP contribution in [-0.4, -0.2) is 53.3 Å². The van der Waals surface area contributed by atoms with Crippen molar-refractivity contribution in [1.82, 2.24) is 20.1 Å². The molecule has 2 aromatic carbocycles. The molecule has 4 aromatic rings. The van der Waals surface area contributed by atoms with Crippen molar-refractivity contribution >= 4 is 16.8 Å². The second kappa shape index (κ2) is 8.37. The van der Waals surface area contributed by atoms with Crippen LogP contribution in [0, 0.1) is 0 Å². The number of fused-ring (bicyclic) bond motifs is 1. The average Bonchev–Trinajstić information content (AvgIpc) is 3.58. The predicted molar refractivity (Wildman–Crippen MR) is 118 cm³/mol. The first kappa shape index (κ1) is 20.1. The lowest BCUT2D eigenvalue weighted by atomic mass is 10.1. The lowest BCUT2D eigenvalue weighted by Gasteiger charge is -2.17. The number of hydrogen-bond acceptors (Lipinski definition) is 6. The van der Waals surface area contributed by atoms with Gasteiger partial charge in [0, 0.05) is 35.8 Å². The predicted octanol–water partition coefficient (Wildman–Crippen LogP) is 3.79. The summed E-state index contributed by atoms with van der Waals surface area (Å²) in [6, 6.07) is 13.3. The molecule has 1 aliphatic rings. The molecule has 32 heavy (non-hydrogen) atoms. The normalized spacial score (nSPS) is 15.9. The fourth-order valence-electron chi connectivity index (χ4n) is 4.24. The Kier molecular flexibility index (Phi) is 5.26. The molecule has 8 nitrogen and oxygen atoms in total. The van der Waals surface area contributed by atoms with E-state index in [4.69, 9.17) is 13.9 Å². The zero-order chi connectivity index (χ0) is 22.1. The van der Waals surface area contributed by atoms with E-state index in [1.165, 1.54) is 0 Å². The van der Waals surface area contributed by atoms with Crippen molar-refractivity contribution in [3.63, 3.8) is 0 Å². The monoisotopic (exact) mass is 432 g/mol. The van der Waals surface area contributed by atoms with Gasteiger partial charge in [0.25, 0.3) is 5.91 Å². The van der Waals surface area contributed by atoms with E-state index in [1.54, 1.807) is 32.4 Å². The summed E-state index contributed by atoms with van der Waals surface area (Å²) in [4.78, 5) is 18.1. The van der Waals surface area contributed by atoms with Crippen LogP contribution in [0.15, 0.2) is 53.1 Å². The molecular formula is C24H24N4O4. The summed E-state index contributed by atoms with van der Waals surface area (Å²) in [5.74, 6) is 2.28. The number of hydrogen-bond donors (Lipinski definition) is 1. The molecule has 0 bridgehead atoms. The number of carbonyl (C=O) groups excluding carboxylic acids is 1. The first-order valence-corrected chi connectivity index (χ1v) is 10.5. The quantitative estimate of drug-likeness (QED) is 0.498. The lowest BCUT2D eigenvalue weighted by Crippen LogP contribution is -2.28. The third-order valence-corrected chi connectivity index (χ3v) is 5.95. The van der Waals surface area contributed by atoms with Gasteiger partial charge in [-0.25, -0.2) is 0 Å². The molecule has 3 heterocycles. The molecule has 1 atom stereocenters. The van der Waals surface area contributed by atoms with Gasteiger partial charge in [0.1, 0.15) is 0 Å². The standard InChI is InChI=1S/C24H24N4O4/c1-30-20-8-7-15(11-21(20)31-2)24(29)28-10-9-16(14-28)23-27-26-22(32-23)12-17-13-25-19-6-4-3-5-18(17)19/h3-8,11,13,16,25H,9-10,12,14H2,1-2H3/t16-/m0/s1. The number of carbonyl (C=O) groups is 1. The SMILES string of the molecule is COc1ccc(C(=O)N2CC[C@H](c3nnc(Cc4c[nH]c5ccccc45)o3)C2)cc1OC. The molecule has 1 aliphatic heterocycles. The van der Waals surface area contributed by atoms with Crippen molar-refractivity contribution in [2.24, 2.45) is 0 Å². The van der Waals surface area contributed by atoms with Crippen molar-refractivity contribution in [3.05, 3.63) is 71.6 Å². The number of ether oxygens (including phenoxy) is 2. The fraction of sp³-hybridized carbons (Fsp3) is 0.292. The Morgan fingerprint density at radius 2 is 2.00 bits per heavy atom. The topological polar surface area (TPSA) is 93.5 Å². The molecule has 1 saturated heterocycles. The van der Waals surface area contributed by atoms with Crippen LogP contribution in [0.4, 0.5) is 0 Å². The lowest BCUT2D eigenvalue weighted by molar-refractivity contribution is 0.0789. The molecule has 0 spiro atoms. The van der Waals surface area contributed by atoms with Crippen molar-refractivity contribution in [2.45, 2.75) is 18.8 Å². The second-order valence-corrected chi connectivity index (χ2v) is 7.88. The first-order valence-electron chi connectivity index (χ1n) is 10.5. The molecular weight excluding hydrogens is 408 g/mol. The summed E-state index contributed by atoms with van der Waals surface area (Å²) in [6.07, 6.45) is 3.33. The van der Waals surface area contributed by atoms with Gasteiger partial charge in [0.15, 0.2) is 11.5 Å². The van der Waals surface area contributed by atoms with Gasteiger partial charge in [0.2, 0.25) is 11.8 Å². The van der Waals surface area contributed by atoms with E-state index in [2.05, 4.69) is 21.2 Å². The van der Waals surface area contributed by atoms with E-state index >= 15 is 0 Å². The average molecular weight is 432 g/mol. The maximum atomic E-state index is 13.0. The summed E-state index contributed by atoms with van der Waals surface area (Å²) in [5, 5.41) is 9.67. The zero-order valence-corrected chi connectivity index (χ0v) is 18.0. The van der Waals surface area contributed by atoms with Crippen LogP contribution in [-0.2, 0) is 6.42 Å². The molecule has 0 radical (unpaired) electrons. The number of aromatic nitrogens is 3. The number of methoxy groups -OCH3 is 2. The highest BCUT2D eigenvalue weighted by Gasteiger charge is 2.31. The second-order valence-electron chi connectivity index (χ2n) is 7.88. The Labute approximate surface area is 185 Å². The molecule has 2 aromatic heterocycles. The summed E-state index contributed by atoms with van der Waals surface area (Å²) < 4.78 is 16.6. The van der Waals surface area contributed by atoms with Gasteiger partial charge in [-0.3, -0.25) is 4.79 Å². The van der Waals surface area contributed by atoms with Crippen LogP contribution in [0.5, 0.6) is 11.5 Å². The maximum absolute atomic E-state index is 13.0.